The summed E-state index contributed by atoms with van der Waals surface area (Å²) in [6.07, 6.45) is 1.15. The van der Waals surface area contributed by atoms with Crippen molar-refractivity contribution in [2.24, 2.45) is 0 Å². The standard InChI is InChI=1S/C12H14O2/c1-2-11(13)12-10-6-4-3-5-9(10)7-8-14-12/h3-6,12H,2,7-8H2,1H3. The Morgan fingerprint density at radius 1 is 1.50 bits per heavy atom. The van der Waals surface area contributed by atoms with Gasteiger partial charge in [-0.25, -0.2) is 0 Å². The van der Waals surface area contributed by atoms with E-state index in [9.17, 15) is 4.79 Å². The van der Waals surface area contributed by atoms with Gasteiger partial charge in [-0.15, -0.1) is 0 Å². The molecule has 2 nitrogen and oxygen atoms in total. The van der Waals surface area contributed by atoms with Crippen LogP contribution in [0.15, 0.2) is 24.3 Å². The number of carbonyl (C=O) groups is 1. The maximum atomic E-state index is 11.6. The van der Waals surface area contributed by atoms with E-state index in [4.69, 9.17) is 4.74 Å². The summed E-state index contributed by atoms with van der Waals surface area (Å²) < 4.78 is 5.51. The van der Waals surface area contributed by atoms with Crippen LogP contribution in [0.1, 0.15) is 30.6 Å². The van der Waals surface area contributed by atoms with Crippen molar-refractivity contribution in [3.05, 3.63) is 35.4 Å². The molecule has 74 valence electrons. The first-order valence-electron chi connectivity index (χ1n) is 5.05. The first-order valence-corrected chi connectivity index (χ1v) is 5.05. The van der Waals surface area contributed by atoms with Gasteiger partial charge in [0.2, 0.25) is 0 Å². The third-order valence-electron chi connectivity index (χ3n) is 2.63. The maximum Gasteiger partial charge on any atom is 0.165 e. The first kappa shape index (κ1) is 9.41. The third kappa shape index (κ3) is 1.58. The van der Waals surface area contributed by atoms with E-state index in [2.05, 4.69) is 6.07 Å². The van der Waals surface area contributed by atoms with Crippen LogP contribution in [0, 0.1) is 0 Å². The van der Waals surface area contributed by atoms with E-state index >= 15 is 0 Å². The fraction of sp³-hybridized carbons (Fsp3) is 0.417. The highest BCUT2D eigenvalue weighted by Crippen LogP contribution is 2.28. The zero-order chi connectivity index (χ0) is 9.97. The lowest BCUT2D eigenvalue weighted by Gasteiger charge is -2.24. The normalized spacial score (nSPS) is 20.2. The van der Waals surface area contributed by atoms with Crippen molar-refractivity contribution >= 4 is 5.78 Å². The lowest BCUT2D eigenvalue weighted by molar-refractivity contribution is -0.131. The molecular weight excluding hydrogens is 176 g/mol. The van der Waals surface area contributed by atoms with Gasteiger partial charge in [0.1, 0.15) is 6.10 Å². The second kappa shape index (κ2) is 3.93. The van der Waals surface area contributed by atoms with Crippen LogP contribution in [0.25, 0.3) is 0 Å². The Balaban J connectivity index is 2.35. The number of hydrogen-bond acceptors (Lipinski definition) is 2. The van der Waals surface area contributed by atoms with E-state index in [-0.39, 0.29) is 11.9 Å². The quantitative estimate of drug-likeness (QED) is 0.715. The average Bonchev–Trinajstić information content (AvgIpc) is 2.27. The number of carbonyl (C=O) groups excluding carboxylic acids is 1. The van der Waals surface area contributed by atoms with Crippen LogP contribution in [0.5, 0.6) is 0 Å². The SMILES string of the molecule is CCC(=O)C1OCCc2ccccc21. The molecule has 1 atom stereocenters. The van der Waals surface area contributed by atoms with Gasteiger partial charge in [-0.2, -0.15) is 0 Å². The summed E-state index contributed by atoms with van der Waals surface area (Å²) in [4.78, 5) is 11.6. The van der Waals surface area contributed by atoms with Gasteiger partial charge in [0.05, 0.1) is 6.61 Å². The van der Waals surface area contributed by atoms with Crippen LogP contribution in [0.3, 0.4) is 0 Å². The number of ketones is 1. The summed E-state index contributed by atoms with van der Waals surface area (Å²) in [6, 6.07) is 8.04. The predicted octanol–water partition coefficient (Wildman–Crippen LogP) is 2.28. The molecule has 14 heavy (non-hydrogen) atoms. The molecule has 0 saturated carbocycles. The van der Waals surface area contributed by atoms with Crippen LogP contribution in [-0.2, 0) is 16.0 Å². The highest BCUT2D eigenvalue weighted by atomic mass is 16.5. The Kier molecular flexibility index (Phi) is 2.64. The van der Waals surface area contributed by atoms with Gasteiger partial charge >= 0.3 is 0 Å². The minimum absolute atomic E-state index is 0.178. The van der Waals surface area contributed by atoms with E-state index < -0.39 is 0 Å². The minimum Gasteiger partial charge on any atom is -0.365 e. The van der Waals surface area contributed by atoms with Crippen molar-refractivity contribution in [1.29, 1.82) is 0 Å². The topological polar surface area (TPSA) is 26.3 Å². The molecule has 0 spiro atoms. The Bertz CT molecular complexity index is 344. The second-order valence-corrected chi connectivity index (χ2v) is 3.52. The monoisotopic (exact) mass is 190 g/mol. The van der Waals surface area contributed by atoms with Crippen LogP contribution in [0.2, 0.25) is 0 Å². The molecule has 0 amide bonds. The maximum absolute atomic E-state index is 11.6. The van der Waals surface area contributed by atoms with Gasteiger partial charge in [-0.1, -0.05) is 31.2 Å². The van der Waals surface area contributed by atoms with Crippen molar-refractivity contribution in [1.82, 2.24) is 0 Å². The van der Waals surface area contributed by atoms with Gasteiger partial charge < -0.3 is 4.74 Å². The summed E-state index contributed by atoms with van der Waals surface area (Å²) >= 11 is 0. The predicted molar refractivity (Wildman–Crippen MR) is 54.1 cm³/mol. The Morgan fingerprint density at radius 3 is 3.07 bits per heavy atom. The molecule has 1 heterocycles. The van der Waals surface area contributed by atoms with Crippen LogP contribution in [0.4, 0.5) is 0 Å². The molecule has 0 bridgehead atoms. The molecule has 1 aliphatic heterocycles. The van der Waals surface area contributed by atoms with Crippen molar-refractivity contribution in [2.75, 3.05) is 6.61 Å². The fourth-order valence-electron chi connectivity index (χ4n) is 1.85. The van der Waals surface area contributed by atoms with Crippen LogP contribution in [-0.4, -0.2) is 12.4 Å². The van der Waals surface area contributed by atoms with E-state index in [1.165, 1.54) is 5.56 Å². The lowest BCUT2D eigenvalue weighted by Crippen LogP contribution is -2.22. The third-order valence-corrected chi connectivity index (χ3v) is 2.63. The summed E-state index contributed by atoms with van der Waals surface area (Å²) in [6.45, 7) is 2.54. The Labute approximate surface area is 83.9 Å². The molecule has 0 N–H and O–H groups in total. The largest absolute Gasteiger partial charge is 0.365 e. The molecular formula is C12H14O2. The lowest BCUT2D eigenvalue weighted by atomic mass is 9.94. The van der Waals surface area contributed by atoms with Crippen molar-refractivity contribution in [3.63, 3.8) is 0 Å². The molecule has 1 aromatic carbocycles. The number of hydrogen-bond donors (Lipinski definition) is 0. The summed E-state index contributed by atoms with van der Waals surface area (Å²) in [5, 5.41) is 0. The Morgan fingerprint density at radius 2 is 2.29 bits per heavy atom. The van der Waals surface area contributed by atoms with E-state index in [0.29, 0.717) is 13.0 Å². The zero-order valence-corrected chi connectivity index (χ0v) is 8.32. The summed E-state index contributed by atoms with van der Waals surface area (Å²) in [5.74, 6) is 0.178. The molecule has 0 radical (unpaired) electrons. The molecule has 1 aliphatic rings. The van der Waals surface area contributed by atoms with Crippen molar-refractivity contribution < 1.29 is 9.53 Å². The van der Waals surface area contributed by atoms with Crippen molar-refractivity contribution in [3.8, 4) is 0 Å². The zero-order valence-electron chi connectivity index (χ0n) is 8.32. The first-order chi connectivity index (χ1) is 6.83. The minimum atomic E-state index is -0.315. The Hall–Kier alpha value is -1.15. The number of ether oxygens (including phenoxy) is 1. The average molecular weight is 190 g/mol. The molecule has 0 saturated heterocycles. The second-order valence-electron chi connectivity index (χ2n) is 3.52. The van der Waals surface area contributed by atoms with Gasteiger partial charge in [-0.3, -0.25) is 4.79 Å². The highest BCUT2D eigenvalue weighted by Gasteiger charge is 2.25. The molecule has 1 unspecified atom stereocenters. The van der Waals surface area contributed by atoms with Gasteiger partial charge in [0, 0.05) is 6.42 Å². The van der Waals surface area contributed by atoms with Gasteiger partial charge in [0.15, 0.2) is 5.78 Å². The van der Waals surface area contributed by atoms with Crippen molar-refractivity contribution in [2.45, 2.75) is 25.9 Å². The molecule has 2 heteroatoms. The smallest absolute Gasteiger partial charge is 0.165 e. The number of fused-ring (bicyclic) bond motifs is 1. The van der Waals surface area contributed by atoms with E-state index in [1.54, 1.807) is 0 Å². The molecule has 0 fully saturated rings. The summed E-state index contributed by atoms with van der Waals surface area (Å²) in [7, 11) is 0. The number of benzene rings is 1. The summed E-state index contributed by atoms with van der Waals surface area (Å²) in [5.41, 5.74) is 2.32. The fourth-order valence-corrected chi connectivity index (χ4v) is 1.85. The number of rotatable bonds is 2. The van der Waals surface area contributed by atoms with E-state index in [0.717, 1.165) is 12.0 Å². The van der Waals surface area contributed by atoms with Crippen LogP contribution >= 0.6 is 0 Å². The van der Waals surface area contributed by atoms with Gasteiger partial charge in [0.25, 0.3) is 0 Å². The molecule has 0 aliphatic carbocycles. The van der Waals surface area contributed by atoms with E-state index in [1.807, 2.05) is 25.1 Å². The molecule has 2 rings (SSSR count). The number of Topliss-reactive ketones (excluding diaryl/α,β-unsaturated/α-hetero) is 1. The van der Waals surface area contributed by atoms with Gasteiger partial charge in [-0.05, 0) is 17.5 Å². The molecule has 1 aromatic rings. The highest BCUT2D eigenvalue weighted by molar-refractivity contribution is 5.84. The van der Waals surface area contributed by atoms with Crippen LogP contribution < -0.4 is 0 Å². The molecule has 0 aromatic heterocycles.